The highest BCUT2D eigenvalue weighted by molar-refractivity contribution is 6.73. The molecule has 1 heterocycles. The molecule has 1 aliphatic heterocycles. The monoisotopic (exact) mass is 498 g/mol. The largest absolute Gasteiger partial charge is 0.413 e. The summed E-state index contributed by atoms with van der Waals surface area (Å²) in [5.74, 6) is -1.02. The number of carbonyl (C=O) groups is 2. The molecule has 7 atom stereocenters. The van der Waals surface area contributed by atoms with Gasteiger partial charge in [0.25, 0.3) is 0 Å². The number of Topliss-reactive ketones (excluding diaryl/α,β-unsaturated/α-hetero) is 2. The zero-order valence-corrected chi connectivity index (χ0v) is 23.6. The number of carbonyl (C=O) groups excluding carboxylic acids is 2. The highest BCUT2D eigenvalue weighted by Crippen LogP contribution is 2.52. The van der Waals surface area contributed by atoms with Crippen molar-refractivity contribution < 1.29 is 23.5 Å². The first-order chi connectivity index (χ1) is 16.5. The molecule has 0 spiro atoms. The average molecular weight is 499 g/mol. The zero-order valence-electron chi connectivity index (χ0n) is 22.6. The molecule has 0 aromatic rings. The Morgan fingerprint density at radius 3 is 2.26 bits per heavy atom. The summed E-state index contributed by atoms with van der Waals surface area (Å²) >= 11 is 0. The lowest BCUT2D eigenvalue weighted by molar-refractivity contribution is -0.126. The smallest absolute Gasteiger partial charge is 0.192 e. The van der Waals surface area contributed by atoms with Crippen LogP contribution in [-0.2, 0) is 23.5 Å². The van der Waals surface area contributed by atoms with Crippen LogP contribution in [0.1, 0.15) is 48.5 Å². The standard InChI is InChI=1S/C29H42O5Si/c1-9-35(10-2,11-3)34-26-19-14-15-20(26)27-28(33-27)25(31)21-16-22(29(6,7)32-8)18(13-12-17(4)5)24(30)23(19)21/h12-16,19-20,22-23,26-28H,9-11H2,1-8H3/b18-13-/t19-,20?,22+,23+,26+,27-,28+/m0/s1. The van der Waals surface area contributed by atoms with Crippen LogP contribution in [0.2, 0.25) is 18.1 Å². The van der Waals surface area contributed by atoms with Crippen molar-refractivity contribution in [2.75, 3.05) is 7.11 Å². The fraction of sp³-hybridized carbons (Fsp3) is 0.655. The first-order valence-corrected chi connectivity index (χ1v) is 15.8. The molecule has 1 saturated carbocycles. The Bertz CT molecular complexity index is 986. The van der Waals surface area contributed by atoms with Gasteiger partial charge in [-0.1, -0.05) is 56.7 Å². The van der Waals surface area contributed by atoms with E-state index in [2.05, 4.69) is 32.9 Å². The molecule has 0 amide bonds. The minimum atomic E-state index is -1.95. The van der Waals surface area contributed by atoms with Crippen molar-refractivity contribution in [3.8, 4) is 0 Å². The molecular weight excluding hydrogens is 456 g/mol. The summed E-state index contributed by atoms with van der Waals surface area (Å²) in [5, 5.41) is 0. The van der Waals surface area contributed by atoms with Crippen LogP contribution in [0.3, 0.4) is 0 Å². The van der Waals surface area contributed by atoms with Gasteiger partial charge >= 0.3 is 0 Å². The van der Waals surface area contributed by atoms with Gasteiger partial charge < -0.3 is 13.9 Å². The number of ketones is 2. The molecule has 0 radical (unpaired) electrons. The third-order valence-electron chi connectivity index (χ3n) is 8.92. The van der Waals surface area contributed by atoms with Crippen molar-refractivity contribution in [2.24, 2.45) is 23.7 Å². The predicted molar refractivity (Wildman–Crippen MR) is 141 cm³/mol. The van der Waals surface area contributed by atoms with Gasteiger partial charge in [-0.05, 0) is 45.8 Å². The molecule has 35 heavy (non-hydrogen) atoms. The van der Waals surface area contributed by atoms with E-state index in [1.165, 1.54) is 0 Å². The van der Waals surface area contributed by atoms with Crippen molar-refractivity contribution in [3.63, 3.8) is 0 Å². The number of hydrogen-bond acceptors (Lipinski definition) is 5. The van der Waals surface area contributed by atoms with Gasteiger partial charge in [0.05, 0.1) is 17.6 Å². The minimum absolute atomic E-state index is 0.0169. The van der Waals surface area contributed by atoms with Crippen LogP contribution in [0, 0.1) is 23.7 Å². The summed E-state index contributed by atoms with van der Waals surface area (Å²) in [6, 6.07) is 3.13. The Morgan fingerprint density at radius 1 is 1.06 bits per heavy atom. The molecule has 4 aliphatic rings. The molecule has 0 aromatic carbocycles. The average Bonchev–Trinajstić information content (AvgIpc) is 3.52. The van der Waals surface area contributed by atoms with Gasteiger partial charge in [-0.15, -0.1) is 0 Å². The van der Waals surface area contributed by atoms with Gasteiger partial charge in [0.2, 0.25) is 0 Å². The van der Waals surface area contributed by atoms with E-state index in [-0.39, 0.29) is 41.5 Å². The van der Waals surface area contributed by atoms with Crippen molar-refractivity contribution >= 4 is 19.9 Å². The van der Waals surface area contributed by atoms with E-state index in [9.17, 15) is 9.59 Å². The Hall–Kier alpha value is -1.60. The molecule has 1 unspecified atom stereocenters. The van der Waals surface area contributed by atoms with Crippen LogP contribution in [0.5, 0.6) is 0 Å². The van der Waals surface area contributed by atoms with Gasteiger partial charge in [-0.2, -0.15) is 0 Å². The normalized spacial score (nSPS) is 35.3. The number of epoxide rings is 1. The summed E-state index contributed by atoms with van der Waals surface area (Å²) in [5.41, 5.74) is 1.77. The van der Waals surface area contributed by atoms with Gasteiger partial charge in [0.15, 0.2) is 19.9 Å². The second kappa shape index (κ2) is 9.69. The fourth-order valence-electron chi connectivity index (χ4n) is 6.18. The lowest BCUT2D eigenvalue weighted by Crippen LogP contribution is -2.51. The topological polar surface area (TPSA) is 65.1 Å². The predicted octanol–water partition coefficient (Wildman–Crippen LogP) is 5.59. The van der Waals surface area contributed by atoms with E-state index in [1.54, 1.807) is 7.11 Å². The number of fused-ring (bicyclic) bond motifs is 6. The SMILES string of the molecule is CC[Si](CC)(CC)O[C@H]1C2C=C[C@H]1[C@H]1C(=O)/C(=C\C=C(C)C)[C@H](C(C)(C)OC)C=C1C(=O)[C@H]1O[C@@H]21. The molecule has 3 aliphatic carbocycles. The Morgan fingerprint density at radius 2 is 1.69 bits per heavy atom. The molecule has 0 aromatic heterocycles. The van der Waals surface area contributed by atoms with Crippen molar-refractivity contribution in [1.82, 2.24) is 0 Å². The van der Waals surface area contributed by atoms with Gasteiger partial charge in [-0.25, -0.2) is 0 Å². The maximum absolute atomic E-state index is 14.3. The van der Waals surface area contributed by atoms with E-state index >= 15 is 0 Å². The summed E-state index contributed by atoms with van der Waals surface area (Å²) < 4.78 is 18.9. The van der Waals surface area contributed by atoms with E-state index in [4.69, 9.17) is 13.9 Å². The number of ether oxygens (including phenoxy) is 2. The maximum Gasteiger partial charge on any atom is 0.192 e. The number of methoxy groups -OCH3 is 1. The van der Waals surface area contributed by atoms with Gasteiger partial charge in [0.1, 0.15) is 12.2 Å². The van der Waals surface area contributed by atoms with Crippen molar-refractivity contribution in [1.29, 1.82) is 0 Å². The second-order valence-electron chi connectivity index (χ2n) is 11.4. The van der Waals surface area contributed by atoms with Crippen molar-refractivity contribution in [3.05, 3.63) is 47.1 Å². The first kappa shape index (κ1) is 26.5. The summed E-state index contributed by atoms with van der Waals surface area (Å²) in [6.07, 6.45) is 9.48. The molecular formula is C29H42O5Si. The molecule has 5 nitrogen and oxygen atoms in total. The highest BCUT2D eigenvalue weighted by atomic mass is 28.4. The van der Waals surface area contributed by atoms with E-state index in [0.29, 0.717) is 11.1 Å². The van der Waals surface area contributed by atoms with E-state index in [0.717, 1.165) is 23.7 Å². The maximum atomic E-state index is 14.3. The molecule has 2 fully saturated rings. The molecule has 2 bridgehead atoms. The second-order valence-corrected chi connectivity index (χ2v) is 16.1. The Balaban J connectivity index is 1.85. The number of hydrogen-bond donors (Lipinski definition) is 0. The summed E-state index contributed by atoms with van der Waals surface area (Å²) in [4.78, 5) is 28.0. The number of allylic oxidation sites excluding steroid dienone is 3. The van der Waals surface area contributed by atoms with Crippen LogP contribution in [0.25, 0.3) is 0 Å². The summed E-state index contributed by atoms with van der Waals surface area (Å²) in [6.45, 7) is 14.7. The third kappa shape index (κ3) is 4.52. The molecule has 0 N–H and O–H groups in total. The van der Waals surface area contributed by atoms with Crippen LogP contribution >= 0.6 is 0 Å². The quantitative estimate of drug-likeness (QED) is 0.189. The zero-order chi connectivity index (χ0) is 25.7. The Labute approximate surface area is 211 Å². The van der Waals surface area contributed by atoms with Crippen LogP contribution < -0.4 is 0 Å². The van der Waals surface area contributed by atoms with Gasteiger partial charge in [-0.3, -0.25) is 9.59 Å². The molecule has 1 saturated heterocycles. The molecule has 4 rings (SSSR count). The van der Waals surface area contributed by atoms with Crippen LogP contribution in [0.4, 0.5) is 0 Å². The highest BCUT2D eigenvalue weighted by Gasteiger charge is 2.61. The lowest BCUT2D eigenvalue weighted by Gasteiger charge is -2.43. The van der Waals surface area contributed by atoms with Gasteiger partial charge in [0, 0.05) is 36.0 Å². The van der Waals surface area contributed by atoms with Crippen LogP contribution in [-0.4, -0.2) is 50.9 Å². The Kier molecular flexibility index (Phi) is 7.33. The van der Waals surface area contributed by atoms with Crippen LogP contribution in [0.15, 0.2) is 47.1 Å². The van der Waals surface area contributed by atoms with E-state index < -0.39 is 25.9 Å². The summed E-state index contributed by atoms with van der Waals surface area (Å²) in [7, 11) is -0.287. The minimum Gasteiger partial charge on any atom is -0.413 e. The fourth-order valence-corrected chi connectivity index (χ4v) is 9.07. The molecule has 6 heteroatoms. The third-order valence-corrected chi connectivity index (χ3v) is 13.6. The van der Waals surface area contributed by atoms with E-state index in [1.807, 2.05) is 45.9 Å². The first-order valence-electron chi connectivity index (χ1n) is 13.3. The van der Waals surface area contributed by atoms with Crippen molar-refractivity contribution in [2.45, 2.75) is 90.5 Å². The molecule has 192 valence electrons. The number of rotatable bonds is 8. The lowest BCUT2D eigenvalue weighted by atomic mass is 9.65.